The fourth-order valence-electron chi connectivity index (χ4n) is 7.92. The highest BCUT2D eigenvalue weighted by Gasteiger charge is 2.22. The van der Waals surface area contributed by atoms with Gasteiger partial charge in [0.05, 0.1) is 21.5 Å². The molecular formula is C49H27N5O2S. The second kappa shape index (κ2) is 12.5. The second-order valence-corrected chi connectivity index (χ2v) is 15.0. The van der Waals surface area contributed by atoms with Crippen molar-refractivity contribution in [2.24, 2.45) is 0 Å². The number of hydrogen-bond acceptors (Lipinski definition) is 8. The third-order valence-electron chi connectivity index (χ3n) is 10.6. The van der Waals surface area contributed by atoms with Gasteiger partial charge in [-0.3, -0.25) is 0 Å². The molecule has 0 amide bonds. The van der Waals surface area contributed by atoms with Gasteiger partial charge in [0.25, 0.3) is 0 Å². The van der Waals surface area contributed by atoms with Gasteiger partial charge in [0.1, 0.15) is 22.3 Å². The van der Waals surface area contributed by atoms with Gasteiger partial charge in [0.2, 0.25) is 0 Å². The summed E-state index contributed by atoms with van der Waals surface area (Å²) >= 11 is 1.72. The molecule has 0 atom stereocenters. The molecule has 7 aromatic carbocycles. The van der Waals surface area contributed by atoms with Gasteiger partial charge in [0, 0.05) is 53.9 Å². The zero-order valence-corrected chi connectivity index (χ0v) is 30.9. The quantitative estimate of drug-likeness (QED) is 0.173. The molecule has 0 bridgehead atoms. The molecule has 0 spiro atoms. The molecule has 12 rings (SSSR count). The lowest BCUT2D eigenvalue weighted by molar-refractivity contribution is 0.668. The summed E-state index contributed by atoms with van der Waals surface area (Å²) < 4.78 is 15.2. The van der Waals surface area contributed by atoms with Crippen molar-refractivity contribution in [3.63, 3.8) is 0 Å². The van der Waals surface area contributed by atoms with Crippen LogP contribution in [0, 0.1) is 0 Å². The second-order valence-electron chi connectivity index (χ2n) is 14.0. The number of furan rings is 2. The van der Waals surface area contributed by atoms with E-state index in [4.69, 9.17) is 33.8 Å². The van der Waals surface area contributed by atoms with Gasteiger partial charge in [-0.2, -0.15) is 0 Å². The van der Waals surface area contributed by atoms with Gasteiger partial charge in [-0.05, 0) is 42.5 Å². The van der Waals surface area contributed by atoms with Gasteiger partial charge >= 0.3 is 0 Å². The summed E-state index contributed by atoms with van der Waals surface area (Å²) in [4.78, 5) is 25.8. The summed E-state index contributed by atoms with van der Waals surface area (Å²) in [5.74, 6) is 2.31. The Morgan fingerprint density at radius 2 is 1.00 bits per heavy atom. The van der Waals surface area contributed by atoms with Crippen LogP contribution < -0.4 is 0 Å². The first kappa shape index (κ1) is 31.8. The SMILES string of the molecule is c1ccc(-c2nc(-c3cccc4c3oc3ccccc34)nc(-c3cccc4oc5ccc(-c6nc(-c7ccccc7)nc7c6sc6ccccc67)cc5c34)n2)cc1. The molecule has 0 aliphatic heterocycles. The molecule has 0 aliphatic carbocycles. The van der Waals surface area contributed by atoms with Crippen molar-refractivity contribution >= 4 is 75.5 Å². The molecule has 0 saturated heterocycles. The van der Waals surface area contributed by atoms with E-state index in [1.807, 2.05) is 97.1 Å². The van der Waals surface area contributed by atoms with E-state index in [1.165, 1.54) is 4.70 Å². The van der Waals surface area contributed by atoms with Crippen LogP contribution in [-0.2, 0) is 0 Å². The first-order valence-electron chi connectivity index (χ1n) is 18.7. The minimum Gasteiger partial charge on any atom is -0.456 e. The van der Waals surface area contributed by atoms with Gasteiger partial charge in [-0.15, -0.1) is 11.3 Å². The first-order chi connectivity index (χ1) is 28.2. The summed E-state index contributed by atoms with van der Waals surface area (Å²) in [6.07, 6.45) is 0. The monoisotopic (exact) mass is 749 g/mol. The Balaban J connectivity index is 1.10. The number of thiophene rings is 1. The number of fused-ring (bicyclic) bond motifs is 9. The molecule has 12 aromatic rings. The highest BCUT2D eigenvalue weighted by Crippen LogP contribution is 2.43. The van der Waals surface area contributed by atoms with Crippen molar-refractivity contribution in [3.05, 3.63) is 164 Å². The van der Waals surface area contributed by atoms with Crippen LogP contribution in [0.3, 0.4) is 0 Å². The number of rotatable bonds is 5. The Labute approximate surface area is 328 Å². The van der Waals surface area contributed by atoms with Crippen LogP contribution in [-0.4, -0.2) is 24.9 Å². The Kier molecular flexibility index (Phi) is 6.96. The molecule has 0 unspecified atom stereocenters. The van der Waals surface area contributed by atoms with Crippen molar-refractivity contribution in [3.8, 4) is 56.8 Å². The average molecular weight is 750 g/mol. The summed E-state index contributed by atoms with van der Waals surface area (Å²) in [6.45, 7) is 0. The van der Waals surface area contributed by atoms with Crippen LogP contribution in [0.4, 0.5) is 0 Å². The molecule has 0 fully saturated rings. The van der Waals surface area contributed by atoms with Crippen molar-refractivity contribution in [1.82, 2.24) is 24.9 Å². The Morgan fingerprint density at radius 1 is 0.386 bits per heavy atom. The lowest BCUT2D eigenvalue weighted by Crippen LogP contribution is -2.00. The fourth-order valence-corrected chi connectivity index (χ4v) is 9.07. The molecule has 0 radical (unpaired) electrons. The predicted octanol–water partition coefficient (Wildman–Crippen LogP) is 13.2. The molecule has 266 valence electrons. The first-order valence-corrected chi connectivity index (χ1v) is 19.5. The van der Waals surface area contributed by atoms with E-state index < -0.39 is 0 Å². The molecule has 7 nitrogen and oxygen atoms in total. The van der Waals surface area contributed by atoms with Gasteiger partial charge in [-0.1, -0.05) is 121 Å². The molecule has 57 heavy (non-hydrogen) atoms. The van der Waals surface area contributed by atoms with Crippen molar-refractivity contribution in [2.75, 3.05) is 0 Å². The molecule has 0 aliphatic rings. The third-order valence-corrected chi connectivity index (χ3v) is 11.7. The van der Waals surface area contributed by atoms with Crippen molar-refractivity contribution in [2.45, 2.75) is 0 Å². The zero-order valence-electron chi connectivity index (χ0n) is 30.0. The summed E-state index contributed by atoms with van der Waals surface area (Å²) in [7, 11) is 0. The minimum atomic E-state index is 0.524. The minimum absolute atomic E-state index is 0.524. The van der Waals surface area contributed by atoms with E-state index >= 15 is 0 Å². The van der Waals surface area contributed by atoms with Gasteiger partial charge < -0.3 is 8.83 Å². The smallest absolute Gasteiger partial charge is 0.167 e. The molecule has 0 N–H and O–H groups in total. The number of para-hydroxylation sites is 2. The average Bonchev–Trinajstić information content (AvgIpc) is 3.98. The summed E-state index contributed by atoms with van der Waals surface area (Å²) in [6, 6.07) is 55.1. The lowest BCUT2D eigenvalue weighted by atomic mass is 10.0. The number of benzene rings is 7. The number of nitrogens with zero attached hydrogens (tertiary/aromatic N) is 5. The molecule has 5 aromatic heterocycles. The Morgan fingerprint density at radius 3 is 1.82 bits per heavy atom. The van der Waals surface area contributed by atoms with Crippen LogP contribution >= 0.6 is 11.3 Å². The Bertz CT molecular complexity index is 3540. The van der Waals surface area contributed by atoms with E-state index in [-0.39, 0.29) is 0 Å². The maximum Gasteiger partial charge on any atom is 0.167 e. The van der Waals surface area contributed by atoms with Crippen LogP contribution in [0.2, 0.25) is 0 Å². The van der Waals surface area contributed by atoms with Crippen LogP contribution in [0.5, 0.6) is 0 Å². The van der Waals surface area contributed by atoms with E-state index in [0.29, 0.717) is 23.3 Å². The third kappa shape index (κ3) is 5.08. The molecule has 0 saturated carbocycles. The van der Waals surface area contributed by atoms with E-state index in [9.17, 15) is 0 Å². The van der Waals surface area contributed by atoms with Crippen LogP contribution in [0.15, 0.2) is 173 Å². The van der Waals surface area contributed by atoms with E-state index in [2.05, 4.69) is 66.7 Å². The highest BCUT2D eigenvalue weighted by molar-refractivity contribution is 7.26. The van der Waals surface area contributed by atoms with Crippen LogP contribution in [0.1, 0.15) is 0 Å². The van der Waals surface area contributed by atoms with Crippen molar-refractivity contribution < 1.29 is 8.83 Å². The summed E-state index contributed by atoms with van der Waals surface area (Å²) in [5.41, 5.74) is 9.31. The number of aromatic nitrogens is 5. The normalized spacial score (nSPS) is 11.9. The number of hydrogen-bond donors (Lipinski definition) is 0. The fraction of sp³-hybridized carbons (Fsp3) is 0. The largest absolute Gasteiger partial charge is 0.456 e. The predicted molar refractivity (Wildman–Crippen MR) is 230 cm³/mol. The maximum atomic E-state index is 6.54. The van der Waals surface area contributed by atoms with Crippen LogP contribution in [0.25, 0.3) is 121 Å². The summed E-state index contributed by atoms with van der Waals surface area (Å²) in [5, 5.41) is 5.03. The maximum absolute atomic E-state index is 6.54. The molecular weight excluding hydrogens is 723 g/mol. The lowest BCUT2D eigenvalue weighted by Gasteiger charge is -2.10. The highest BCUT2D eigenvalue weighted by atomic mass is 32.1. The van der Waals surface area contributed by atoms with Gasteiger partial charge in [0.15, 0.2) is 23.3 Å². The topological polar surface area (TPSA) is 90.7 Å². The zero-order chi connectivity index (χ0) is 37.5. The standard InChI is InChI=1S/C49H27N5O2S/c1-3-13-28(14-4-1)46-50-42(45-43(51-46)33-18-8-10-24-40(33)57-45)30-25-26-38-36(27-30)41-34(20-12-23-39(41)55-38)48-52-47(29-15-5-2-6-16-29)53-49(54-48)35-21-11-19-32-31-17-7-9-22-37(31)56-44(32)35/h1-27H. The van der Waals surface area contributed by atoms with E-state index in [1.54, 1.807) is 11.3 Å². The molecule has 5 heterocycles. The Hall–Kier alpha value is -7.55. The van der Waals surface area contributed by atoms with E-state index in [0.717, 1.165) is 93.0 Å². The molecule has 8 heteroatoms. The van der Waals surface area contributed by atoms with Gasteiger partial charge in [-0.25, -0.2) is 24.9 Å². The van der Waals surface area contributed by atoms with Crippen molar-refractivity contribution in [1.29, 1.82) is 0 Å².